The summed E-state index contributed by atoms with van der Waals surface area (Å²) in [5.74, 6) is 0. The topological polar surface area (TPSA) is 35.2 Å². The molecule has 0 radical (unpaired) electrons. The molecule has 34 valence electrons. The first-order chi connectivity index (χ1) is 2.41. The number of hydrogen-bond acceptors (Lipinski definition) is 2. The fraction of sp³-hybridized carbons (Fsp3) is 1.00. The van der Waals surface area contributed by atoms with Gasteiger partial charge in [0.1, 0.15) is 0 Å². The number of hydrogen-bond donors (Lipinski definition) is 1. The van der Waals surface area contributed by atoms with Crippen LogP contribution in [-0.2, 0) is 4.74 Å². The van der Waals surface area contributed by atoms with Crippen LogP contribution in [0.1, 0.15) is 1.43 Å². The van der Waals surface area contributed by atoms with Crippen LogP contribution >= 0.6 is 0 Å². The van der Waals surface area contributed by atoms with E-state index >= 15 is 0 Å². The largest absolute Gasteiger partial charge is 1.00 e. The Bertz CT molecular complexity index is 22.4. The normalized spacial score (nSPS) is 7.00. The van der Waals surface area contributed by atoms with Crippen molar-refractivity contribution in [3.05, 3.63) is 0 Å². The second kappa shape index (κ2) is 9.10. The van der Waals surface area contributed by atoms with Crippen LogP contribution < -0.4 is 24.6 Å². The summed E-state index contributed by atoms with van der Waals surface area (Å²) < 4.78 is 4.57. The maximum absolute atomic E-state index is 5.01. The zero-order valence-corrected chi connectivity index (χ0v) is 4.40. The van der Waals surface area contributed by atoms with Crippen molar-refractivity contribution >= 4 is 0 Å². The Labute approximate surface area is 51.7 Å². The van der Waals surface area contributed by atoms with Gasteiger partial charge in [-0.25, -0.2) is 0 Å². The Balaban J connectivity index is -0.0000000800. The molecule has 2 nitrogen and oxygen atoms in total. The predicted molar refractivity (Wildman–Crippen MR) is 22.0 cm³/mol. The van der Waals surface area contributed by atoms with Crippen molar-refractivity contribution in [1.82, 2.24) is 0 Å². The third-order valence-corrected chi connectivity index (χ3v) is 0.322. The summed E-state index contributed by atoms with van der Waals surface area (Å²) >= 11 is 0. The minimum Gasteiger partial charge on any atom is -1.00 e. The van der Waals surface area contributed by atoms with Crippen molar-refractivity contribution in [2.75, 3.05) is 20.3 Å². The van der Waals surface area contributed by atoms with E-state index in [1.54, 1.807) is 7.11 Å². The molecule has 0 bridgehead atoms. The van der Waals surface area contributed by atoms with Crippen LogP contribution in [0.25, 0.3) is 0 Å². The van der Waals surface area contributed by atoms with Crippen molar-refractivity contribution in [3.63, 3.8) is 0 Å². The molecule has 0 aromatic heterocycles. The average Bonchev–Trinajstić information content (AvgIpc) is 1.41. The number of ether oxygens (including phenoxy) is 1. The Hall–Kier alpha value is 0.517. The van der Waals surface area contributed by atoms with E-state index in [0.717, 1.165) is 0 Å². The van der Waals surface area contributed by atoms with E-state index in [1.165, 1.54) is 0 Å². The number of methoxy groups -OCH3 is 1. The monoisotopic (exact) mass is 83.1 g/mol. The van der Waals surface area contributed by atoms with E-state index in [9.17, 15) is 0 Å². The first-order valence-corrected chi connectivity index (χ1v) is 1.61. The van der Waals surface area contributed by atoms with Gasteiger partial charge in [0.05, 0.1) is 6.61 Å². The van der Waals surface area contributed by atoms with Gasteiger partial charge in [0.2, 0.25) is 0 Å². The molecule has 0 aliphatic rings. The molecule has 6 heavy (non-hydrogen) atoms. The van der Waals surface area contributed by atoms with E-state index in [4.69, 9.17) is 5.73 Å². The zero-order chi connectivity index (χ0) is 4.12. The molecule has 0 unspecified atom stereocenters. The van der Waals surface area contributed by atoms with E-state index < -0.39 is 0 Å². The van der Waals surface area contributed by atoms with Crippen molar-refractivity contribution in [2.24, 2.45) is 5.73 Å². The van der Waals surface area contributed by atoms with Gasteiger partial charge in [-0.2, -0.15) is 0 Å². The molecular weight excluding hydrogens is 73.0 g/mol. The molecule has 0 rings (SSSR count). The van der Waals surface area contributed by atoms with Crippen LogP contribution in [0.3, 0.4) is 0 Å². The molecule has 0 aliphatic carbocycles. The summed E-state index contributed by atoms with van der Waals surface area (Å²) in [6, 6.07) is 0. The molecule has 0 spiro atoms. The fourth-order valence-corrected chi connectivity index (χ4v) is 0.118. The molecule has 0 aromatic rings. The smallest absolute Gasteiger partial charge is 1.00 e. The van der Waals surface area contributed by atoms with Crippen LogP contribution in [0.2, 0.25) is 0 Å². The molecule has 0 heterocycles. The molecule has 0 atom stereocenters. The second-order valence-corrected chi connectivity index (χ2v) is 0.781. The first-order valence-electron chi connectivity index (χ1n) is 1.61. The zero-order valence-electron chi connectivity index (χ0n) is 5.40. The third-order valence-electron chi connectivity index (χ3n) is 0.322. The standard InChI is InChI=1S/C3H9NO.Li.H/c1-5-3-2-4;;/h2-4H2,1H3;;/q;+1;-1. The summed E-state index contributed by atoms with van der Waals surface area (Å²) in [7, 11) is 1.63. The van der Waals surface area contributed by atoms with Gasteiger partial charge in [-0.15, -0.1) is 0 Å². The molecule has 0 aliphatic heterocycles. The molecule has 2 N–H and O–H groups in total. The van der Waals surface area contributed by atoms with Gasteiger partial charge >= 0.3 is 18.9 Å². The Morgan fingerprint density at radius 2 is 2.33 bits per heavy atom. The van der Waals surface area contributed by atoms with Crippen LogP contribution in [0.15, 0.2) is 0 Å². The quantitative estimate of drug-likeness (QED) is 0.355. The maximum atomic E-state index is 5.01. The summed E-state index contributed by atoms with van der Waals surface area (Å²) in [4.78, 5) is 0. The van der Waals surface area contributed by atoms with E-state index in [2.05, 4.69) is 4.74 Å². The van der Waals surface area contributed by atoms with E-state index in [0.29, 0.717) is 13.2 Å². The van der Waals surface area contributed by atoms with Crippen molar-refractivity contribution < 1.29 is 25.0 Å². The molecule has 3 heteroatoms. The molecule has 0 saturated heterocycles. The summed E-state index contributed by atoms with van der Waals surface area (Å²) in [5, 5.41) is 0. The minimum absolute atomic E-state index is 0. The third kappa shape index (κ3) is 8.82. The SMILES string of the molecule is COCCN.[H-].[Li+]. The average molecular weight is 83.1 g/mol. The van der Waals surface area contributed by atoms with Crippen LogP contribution in [0.5, 0.6) is 0 Å². The Morgan fingerprint density at radius 3 is 2.33 bits per heavy atom. The van der Waals surface area contributed by atoms with Gasteiger partial charge in [0.15, 0.2) is 0 Å². The van der Waals surface area contributed by atoms with Gasteiger partial charge in [-0.05, 0) is 0 Å². The van der Waals surface area contributed by atoms with Gasteiger partial charge in [-0.3, -0.25) is 0 Å². The van der Waals surface area contributed by atoms with Gasteiger partial charge < -0.3 is 11.9 Å². The van der Waals surface area contributed by atoms with Gasteiger partial charge in [0, 0.05) is 13.7 Å². The van der Waals surface area contributed by atoms with E-state index in [-0.39, 0.29) is 20.3 Å². The summed E-state index contributed by atoms with van der Waals surface area (Å²) in [5.41, 5.74) is 5.01. The van der Waals surface area contributed by atoms with Crippen LogP contribution in [0.4, 0.5) is 0 Å². The predicted octanol–water partition coefficient (Wildman–Crippen LogP) is -3.29. The number of rotatable bonds is 2. The van der Waals surface area contributed by atoms with Crippen LogP contribution in [-0.4, -0.2) is 20.3 Å². The number of nitrogens with two attached hydrogens (primary N) is 1. The van der Waals surface area contributed by atoms with Crippen molar-refractivity contribution in [1.29, 1.82) is 0 Å². The maximum Gasteiger partial charge on any atom is 1.00 e. The van der Waals surface area contributed by atoms with Gasteiger partial charge in [0.25, 0.3) is 0 Å². The molecule has 0 amide bonds. The fourth-order valence-electron chi connectivity index (χ4n) is 0.118. The van der Waals surface area contributed by atoms with E-state index in [1.807, 2.05) is 0 Å². The van der Waals surface area contributed by atoms with Crippen molar-refractivity contribution in [3.8, 4) is 0 Å². The summed E-state index contributed by atoms with van der Waals surface area (Å²) in [6.45, 7) is 1.29. The van der Waals surface area contributed by atoms with Crippen molar-refractivity contribution in [2.45, 2.75) is 0 Å². The first kappa shape index (κ1) is 9.72. The minimum atomic E-state index is 0. The molecule has 0 aromatic carbocycles. The molecular formula is C3H10LiNO. The molecule has 0 saturated carbocycles. The Morgan fingerprint density at radius 1 is 1.83 bits per heavy atom. The second-order valence-electron chi connectivity index (χ2n) is 0.781. The molecule has 0 fully saturated rings. The van der Waals surface area contributed by atoms with Gasteiger partial charge in [-0.1, -0.05) is 0 Å². The van der Waals surface area contributed by atoms with Crippen LogP contribution in [0, 0.1) is 0 Å². The Kier molecular flexibility index (Phi) is 14.7. The summed E-state index contributed by atoms with van der Waals surface area (Å²) in [6.07, 6.45) is 0.